The summed E-state index contributed by atoms with van der Waals surface area (Å²) in [6.45, 7) is 3.11. The molecule has 2 heterocycles. The van der Waals surface area contributed by atoms with Gasteiger partial charge in [-0.25, -0.2) is 4.98 Å². The van der Waals surface area contributed by atoms with Crippen molar-refractivity contribution in [2.24, 2.45) is 10.9 Å². The second kappa shape index (κ2) is 7.18. The summed E-state index contributed by atoms with van der Waals surface area (Å²) in [7, 11) is 0. The zero-order valence-corrected chi connectivity index (χ0v) is 11.8. The van der Waals surface area contributed by atoms with Gasteiger partial charge in [0.2, 0.25) is 0 Å². The van der Waals surface area contributed by atoms with Crippen LogP contribution in [0.5, 0.6) is 0 Å². The largest absolute Gasteiger partial charge is 0.409 e. The first-order valence-electron chi connectivity index (χ1n) is 6.58. The summed E-state index contributed by atoms with van der Waals surface area (Å²) in [6.07, 6.45) is 7.29. The average molecular weight is 286 g/mol. The molecule has 7 heteroatoms. The first kappa shape index (κ1) is 14.7. The Kier molecular flexibility index (Phi) is 5.03. The van der Waals surface area contributed by atoms with Crippen LogP contribution in [-0.4, -0.2) is 32.5 Å². The highest BCUT2D eigenvalue weighted by Gasteiger charge is 2.13. The molecule has 0 amide bonds. The van der Waals surface area contributed by atoms with Gasteiger partial charge in [-0.15, -0.1) is 0 Å². The van der Waals surface area contributed by atoms with E-state index in [1.807, 2.05) is 30.2 Å². The molecular formula is C14H18N6O. The average Bonchev–Trinajstić information content (AvgIpc) is 2.52. The number of aromatic nitrogens is 3. The van der Waals surface area contributed by atoms with Gasteiger partial charge in [0, 0.05) is 44.3 Å². The molecule has 0 fully saturated rings. The van der Waals surface area contributed by atoms with Crippen LogP contribution in [0.4, 0.5) is 5.82 Å². The van der Waals surface area contributed by atoms with Crippen molar-refractivity contribution < 1.29 is 5.21 Å². The number of nitrogens with zero attached hydrogens (tertiary/aromatic N) is 5. The van der Waals surface area contributed by atoms with Crippen molar-refractivity contribution in [1.29, 1.82) is 0 Å². The van der Waals surface area contributed by atoms with Crippen molar-refractivity contribution in [1.82, 2.24) is 15.0 Å². The Bertz CT molecular complexity index is 601. The van der Waals surface area contributed by atoms with E-state index >= 15 is 0 Å². The molecule has 0 aliphatic heterocycles. The minimum atomic E-state index is 0.188. The van der Waals surface area contributed by atoms with E-state index in [1.165, 1.54) is 0 Å². The van der Waals surface area contributed by atoms with E-state index in [-0.39, 0.29) is 5.84 Å². The van der Waals surface area contributed by atoms with E-state index in [4.69, 9.17) is 10.9 Å². The highest BCUT2D eigenvalue weighted by molar-refractivity contribution is 5.80. The molecule has 7 nitrogen and oxygen atoms in total. The van der Waals surface area contributed by atoms with Gasteiger partial charge in [0.1, 0.15) is 11.7 Å². The third kappa shape index (κ3) is 4.13. The molecule has 0 unspecified atom stereocenters. The van der Waals surface area contributed by atoms with Crippen molar-refractivity contribution in [3.05, 3.63) is 48.2 Å². The van der Waals surface area contributed by atoms with E-state index < -0.39 is 0 Å². The van der Waals surface area contributed by atoms with Gasteiger partial charge in [-0.1, -0.05) is 11.2 Å². The summed E-state index contributed by atoms with van der Waals surface area (Å²) in [5.41, 5.74) is 7.45. The molecular weight excluding hydrogens is 268 g/mol. The van der Waals surface area contributed by atoms with Gasteiger partial charge < -0.3 is 15.8 Å². The highest BCUT2D eigenvalue weighted by Crippen LogP contribution is 2.17. The summed E-state index contributed by atoms with van der Waals surface area (Å²) in [6, 6.07) is 3.88. The van der Waals surface area contributed by atoms with Crippen molar-refractivity contribution in [3.8, 4) is 0 Å². The first-order chi connectivity index (χ1) is 10.2. The molecule has 3 N–H and O–H groups in total. The fraction of sp³-hybridized carbons (Fsp3) is 0.286. The quantitative estimate of drug-likeness (QED) is 0.359. The second-order valence-electron chi connectivity index (χ2n) is 4.59. The summed E-state index contributed by atoms with van der Waals surface area (Å²) < 4.78 is 0. The lowest BCUT2D eigenvalue weighted by molar-refractivity contribution is 0.317. The number of nitrogens with two attached hydrogens (primary N) is 1. The van der Waals surface area contributed by atoms with E-state index in [0.29, 0.717) is 19.5 Å². The SMILES string of the molecule is Cc1nccnc1N(CC/C(N)=N/O)Cc1cccnc1. The maximum Gasteiger partial charge on any atom is 0.150 e. The number of aryl methyl sites for hydroxylation is 1. The van der Waals surface area contributed by atoms with E-state index in [1.54, 1.807) is 18.6 Å². The molecule has 0 saturated heterocycles. The molecule has 2 aromatic rings. The minimum Gasteiger partial charge on any atom is -0.409 e. The number of hydrogen-bond donors (Lipinski definition) is 2. The van der Waals surface area contributed by atoms with Crippen molar-refractivity contribution in [2.75, 3.05) is 11.4 Å². The Morgan fingerprint density at radius 3 is 2.81 bits per heavy atom. The fourth-order valence-electron chi connectivity index (χ4n) is 1.98. The van der Waals surface area contributed by atoms with Crippen LogP contribution in [0.3, 0.4) is 0 Å². The normalized spacial score (nSPS) is 11.4. The Morgan fingerprint density at radius 2 is 2.14 bits per heavy atom. The van der Waals surface area contributed by atoms with Crippen LogP contribution < -0.4 is 10.6 Å². The Morgan fingerprint density at radius 1 is 1.33 bits per heavy atom. The van der Waals surface area contributed by atoms with Gasteiger partial charge in [-0.05, 0) is 18.6 Å². The minimum absolute atomic E-state index is 0.188. The molecule has 2 aromatic heterocycles. The molecule has 21 heavy (non-hydrogen) atoms. The monoisotopic (exact) mass is 286 g/mol. The summed E-state index contributed by atoms with van der Waals surface area (Å²) in [5.74, 6) is 0.972. The smallest absolute Gasteiger partial charge is 0.150 e. The predicted molar refractivity (Wildman–Crippen MR) is 80.1 cm³/mol. The number of anilines is 1. The molecule has 0 aliphatic carbocycles. The van der Waals surface area contributed by atoms with E-state index in [0.717, 1.165) is 17.1 Å². The molecule has 2 rings (SSSR count). The maximum atomic E-state index is 8.67. The zero-order valence-electron chi connectivity index (χ0n) is 11.8. The molecule has 0 saturated carbocycles. The lowest BCUT2D eigenvalue weighted by atomic mass is 10.2. The van der Waals surface area contributed by atoms with Crippen LogP contribution in [0.25, 0.3) is 0 Å². The molecule has 0 spiro atoms. The Labute approximate surface area is 123 Å². The molecule has 0 atom stereocenters. The van der Waals surface area contributed by atoms with Crippen LogP contribution in [-0.2, 0) is 6.54 Å². The molecule has 0 aliphatic rings. The van der Waals surface area contributed by atoms with Gasteiger partial charge in [0.15, 0.2) is 0 Å². The van der Waals surface area contributed by atoms with Gasteiger partial charge in [-0.3, -0.25) is 9.97 Å². The summed E-state index contributed by atoms with van der Waals surface area (Å²) in [4.78, 5) is 14.8. The Hall–Kier alpha value is -2.70. The third-order valence-electron chi connectivity index (χ3n) is 3.02. The number of oxime groups is 1. The number of pyridine rings is 1. The topological polar surface area (TPSA) is 101 Å². The lowest BCUT2D eigenvalue weighted by Crippen LogP contribution is -2.29. The van der Waals surface area contributed by atoms with Gasteiger partial charge in [0.25, 0.3) is 0 Å². The molecule has 0 aromatic carbocycles. The van der Waals surface area contributed by atoms with Crippen LogP contribution in [0, 0.1) is 6.92 Å². The van der Waals surface area contributed by atoms with Crippen molar-refractivity contribution >= 4 is 11.7 Å². The number of amidine groups is 1. The molecule has 110 valence electrons. The molecule has 0 radical (unpaired) electrons. The summed E-state index contributed by atoms with van der Waals surface area (Å²) in [5, 5.41) is 11.7. The zero-order chi connectivity index (χ0) is 15.1. The lowest BCUT2D eigenvalue weighted by Gasteiger charge is -2.24. The standard InChI is InChI=1S/C14H18N6O/c1-11-14(18-7-6-17-11)20(8-4-13(15)19-21)10-12-3-2-5-16-9-12/h2-3,5-7,9,21H,4,8,10H2,1H3,(H2,15,19). The van der Waals surface area contributed by atoms with E-state index in [9.17, 15) is 0 Å². The highest BCUT2D eigenvalue weighted by atomic mass is 16.4. The summed E-state index contributed by atoms with van der Waals surface area (Å²) >= 11 is 0. The first-order valence-corrected chi connectivity index (χ1v) is 6.58. The van der Waals surface area contributed by atoms with Crippen LogP contribution in [0.1, 0.15) is 17.7 Å². The maximum absolute atomic E-state index is 8.67. The third-order valence-corrected chi connectivity index (χ3v) is 3.02. The van der Waals surface area contributed by atoms with E-state index in [2.05, 4.69) is 20.1 Å². The van der Waals surface area contributed by atoms with Gasteiger partial charge in [-0.2, -0.15) is 0 Å². The fourth-order valence-corrected chi connectivity index (χ4v) is 1.98. The van der Waals surface area contributed by atoms with Crippen molar-refractivity contribution in [2.45, 2.75) is 19.9 Å². The van der Waals surface area contributed by atoms with Crippen LogP contribution in [0.15, 0.2) is 42.1 Å². The number of rotatable bonds is 6. The van der Waals surface area contributed by atoms with Crippen molar-refractivity contribution in [3.63, 3.8) is 0 Å². The molecule has 0 bridgehead atoms. The van der Waals surface area contributed by atoms with Crippen LogP contribution >= 0.6 is 0 Å². The predicted octanol–water partition coefficient (Wildman–Crippen LogP) is 1.32. The van der Waals surface area contributed by atoms with Crippen LogP contribution in [0.2, 0.25) is 0 Å². The van der Waals surface area contributed by atoms with Gasteiger partial charge in [0.05, 0.1) is 5.69 Å². The number of hydrogen-bond acceptors (Lipinski definition) is 6. The van der Waals surface area contributed by atoms with Gasteiger partial charge >= 0.3 is 0 Å². The Balaban J connectivity index is 2.20. The second-order valence-corrected chi connectivity index (χ2v) is 4.59.